The molecule has 1 saturated carbocycles. The van der Waals surface area contributed by atoms with Crippen molar-refractivity contribution in [1.82, 2.24) is 0 Å². The van der Waals surface area contributed by atoms with Crippen LogP contribution in [0.2, 0.25) is 18.1 Å². The second kappa shape index (κ2) is 3.82. The first-order valence-electron chi connectivity index (χ1n) is 6.52. The Morgan fingerprint density at radius 3 is 2.35 bits per heavy atom. The Morgan fingerprint density at radius 2 is 1.94 bits per heavy atom. The van der Waals surface area contributed by atoms with Gasteiger partial charge >= 0.3 is 5.97 Å². The first-order chi connectivity index (χ1) is 7.63. The molecule has 2 unspecified atom stereocenters. The number of hydrogen-bond donors (Lipinski definition) is 0. The van der Waals surface area contributed by atoms with E-state index in [0.717, 1.165) is 6.42 Å². The Morgan fingerprint density at radius 1 is 1.35 bits per heavy atom. The van der Waals surface area contributed by atoms with Crippen molar-refractivity contribution in [3.05, 3.63) is 0 Å². The summed E-state index contributed by atoms with van der Waals surface area (Å²) in [7, 11) is -1.76. The monoisotopic (exact) mass is 256 g/mol. The lowest BCUT2D eigenvalue weighted by molar-refractivity contribution is -0.157. The molecule has 0 spiro atoms. The van der Waals surface area contributed by atoms with Crippen LogP contribution in [0.15, 0.2) is 0 Å². The third-order valence-electron chi connectivity index (χ3n) is 4.81. The van der Waals surface area contributed by atoms with Crippen molar-refractivity contribution >= 4 is 14.3 Å². The molecule has 0 aromatic heterocycles. The van der Waals surface area contributed by atoms with Gasteiger partial charge in [0, 0.05) is 6.42 Å². The van der Waals surface area contributed by atoms with E-state index in [-0.39, 0.29) is 29.1 Å². The fourth-order valence-corrected chi connectivity index (χ4v) is 3.93. The van der Waals surface area contributed by atoms with Crippen molar-refractivity contribution in [3.8, 4) is 0 Å². The average molecular weight is 256 g/mol. The summed E-state index contributed by atoms with van der Waals surface area (Å²) in [6.45, 7) is 13.4. The number of esters is 1. The number of carbonyl (C=O) groups excluding carboxylic acids is 1. The van der Waals surface area contributed by atoms with Crippen LogP contribution >= 0.6 is 0 Å². The van der Waals surface area contributed by atoms with Gasteiger partial charge in [-0.05, 0) is 24.1 Å². The van der Waals surface area contributed by atoms with Gasteiger partial charge in [-0.25, -0.2) is 0 Å². The quantitative estimate of drug-likeness (QED) is 0.563. The zero-order valence-electron chi connectivity index (χ0n) is 11.7. The van der Waals surface area contributed by atoms with Crippen LogP contribution in [0.4, 0.5) is 0 Å². The Hall–Kier alpha value is -0.353. The first kappa shape index (κ1) is 13.1. The lowest BCUT2D eigenvalue weighted by atomic mass is 9.97. The maximum absolute atomic E-state index is 11.5. The van der Waals surface area contributed by atoms with Crippen molar-refractivity contribution in [3.63, 3.8) is 0 Å². The van der Waals surface area contributed by atoms with Gasteiger partial charge in [0.15, 0.2) is 8.32 Å². The lowest BCUT2D eigenvalue weighted by Crippen LogP contribution is -2.49. The third kappa shape index (κ3) is 2.06. The van der Waals surface area contributed by atoms with Crippen LogP contribution in [0.3, 0.4) is 0 Å². The molecule has 98 valence electrons. The highest BCUT2D eigenvalue weighted by Gasteiger charge is 2.55. The van der Waals surface area contributed by atoms with E-state index in [1.54, 1.807) is 0 Å². The zero-order chi connectivity index (χ0) is 13.0. The fraction of sp³-hybridized carbons (Fsp3) is 0.923. The van der Waals surface area contributed by atoms with Crippen LogP contribution < -0.4 is 0 Å². The summed E-state index contributed by atoms with van der Waals surface area (Å²) in [4.78, 5) is 11.5. The van der Waals surface area contributed by atoms with Crippen molar-refractivity contribution in [1.29, 1.82) is 0 Å². The largest absolute Gasteiger partial charge is 0.459 e. The highest BCUT2D eigenvalue weighted by Crippen LogP contribution is 2.46. The number of rotatable bonds is 2. The summed E-state index contributed by atoms with van der Waals surface area (Å²) in [5.74, 6) is 0.378. The van der Waals surface area contributed by atoms with E-state index in [0.29, 0.717) is 5.92 Å². The summed E-state index contributed by atoms with van der Waals surface area (Å²) < 4.78 is 11.8. The molecule has 1 aliphatic heterocycles. The number of carbonyl (C=O) groups is 1. The highest BCUT2D eigenvalue weighted by molar-refractivity contribution is 6.74. The lowest BCUT2D eigenvalue weighted by Gasteiger charge is -2.41. The predicted octanol–water partition coefficient (Wildman–Crippen LogP) is 2.96. The van der Waals surface area contributed by atoms with Gasteiger partial charge in [-0.3, -0.25) is 4.79 Å². The molecule has 0 amide bonds. The number of fused-ring (bicyclic) bond motifs is 2. The van der Waals surface area contributed by atoms with E-state index in [4.69, 9.17) is 9.16 Å². The molecule has 0 aromatic carbocycles. The molecule has 2 rings (SSSR count). The van der Waals surface area contributed by atoms with E-state index in [1.165, 1.54) is 0 Å². The van der Waals surface area contributed by atoms with Crippen LogP contribution in [0.25, 0.3) is 0 Å². The predicted molar refractivity (Wildman–Crippen MR) is 69.2 cm³/mol. The standard InChI is InChI=1S/C13H24O3Si/c1-8-9-7-10(15-12(9)14)11(8)16-17(5,6)13(2,3)4/h8-11H,7H2,1-6H3/t8-,9?,10?,11+/m0/s1. The Bertz CT molecular complexity index is 330. The van der Waals surface area contributed by atoms with E-state index in [1.807, 2.05) is 0 Å². The summed E-state index contributed by atoms with van der Waals surface area (Å²) in [6, 6.07) is 0. The van der Waals surface area contributed by atoms with Gasteiger partial charge in [-0.1, -0.05) is 27.7 Å². The maximum Gasteiger partial charge on any atom is 0.309 e. The van der Waals surface area contributed by atoms with Gasteiger partial charge in [0.05, 0.1) is 12.0 Å². The molecule has 1 aliphatic carbocycles. The SMILES string of the molecule is C[C@H]1C2CC(OC2=O)[C@@H]1O[Si](C)(C)C(C)(C)C. The molecule has 1 saturated heterocycles. The molecule has 2 bridgehead atoms. The van der Waals surface area contributed by atoms with Gasteiger partial charge in [0.2, 0.25) is 0 Å². The molecule has 4 atom stereocenters. The third-order valence-corrected chi connectivity index (χ3v) is 9.29. The van der Waals surface area contributed by atoms with E-state index >= 15 is 0 Å². The van der Waals surface area contributed by atoms with E-state index in [2.05, 4.69) is 40.8 Å². The summed E-state index contributed by atoms with van der Waals surface area (Å²) in [6.07, 6.45) is 0.995. The van der Waals surface area contributed by atoms with Crippen LogP contribution in [-0.2, 0) is 14.0 Å². The average Bonchev–Trinajstić information content (AvgIpc) is 2.64. The van der Waals surface area contributed by atoms with Gasteiger partial charge in [-0.15, -0.1) is 0 Å². The highest BCUT2D eigenvalue weighted by atomic mass is 28.4. The molecule has 2 aliphatic rings. The molecule has 3 nitrogen and oxygen atoms in total. The Kier molecular flexibility index (Phi) is 2.94. The van der Waals surface area contributed by atoms with Gasteiger partial charge < -0.3 is 9.16 Å². The smallest absolute Gasteiger partial charge is 0.309 e. The number of ether oxygens (including phenoxy) is 1. The normalized spacial score (nSPS) is 37.4. The molecule has 2 fully saturated rings. The molecule has 0 aromatic rings. The van der Waals surface area contributed by atoms with Crippen LogP contribution in [0, 0.1) is 11.8 Å². The Labute approximate surface area is 105 Å². The zero-order valence-corrected chi connectivity index (χ0v) is 12.7. The molecule has 1 heterocycles. The summed E-state index contributed by atoms with van der Waals surface area (Å²) >= 11 is 0. The fourth-order valence-electron chi connectivity index (χ4n) is 2.53. The molecule has 4 heteroatoms. The number of hydrogen-bond acceptors (Lipinski definition) is 3. The molecule has 0 radical (unpaired) electrons. The first-order valence-corrected chi connectivity index (χ1v) is 9.42. The Balaban J connectivity index is 2.09. The molecular weight excluding hydrogens is 232 g/mol. The molecule has 0 N–H and O–H groups in total. The van der Waals surface area contributed by atoms with Gasteiger partial charge in [-0.2, -0.15) is 0 Å². The van der Waals surface area contributed by atoms with Crippen molar-refractivity contribution in [2.75, 3.05) is 0 Å². The van der Waals surface area contributed by atoms with Crippen molar-refractivity contribution < 1.29 is 14.0 Å². The topological polar surface area (TPSA) is 35.5 Å². The van der Waals surface area contributed by atoms with Crippen molar-refractivity contribution in [2.45, 2.75) is 64.5 Å². The van der Waals surface area contributed by atoms with E-state index in [9.17, 15) is 4.79 Å². The molecule has 17 heavy (non-hydrogen) atoms. The van der Waals surface area contributed by atoms with Crippen molar-refractivity contribution in [2.24, 2.45) is 11.8 Å². The van der Waals surface area contributed by atoms with Gasteiger partial charge in [0.1, 0.15) is 6.10 Å². The second-order valence-electron chi connectivity index (χ2n) is 7.02. The summed E-state index contributed by atoms with van der Waals surface area (Å²) in [5.41, 5.74) is 0. The van der Waals surface area contributed by atoms with E-state index < -0.39 is 8.32 Å². The van der Waals surface area contributed by atoms with Crippen LogP contribution in [0.1, 0.15) is 34.1 Å². The van der Waals surface area contributed by atoms with Gasteiger partial charge in [0.25, 0.3) is 0 Å². The minimum absolute atomic E-state index is 0.0108. The second-order valence-corrected chi connectivity index (χ2v) is 11.8. The minimum Gasteiger partial charge on any atom is -0.459 e. The van der Waals surface area contributed by atoms with Crippen LogP contribution in [-0.4, -0.2) is 26.5 Å². The minimum atomic E-state index is -1.76. The molecular formula is C13H24O3Si. The summed E-state index contributed by atoms with van der Waals surface area (Å²) in [5, 5.41) is 0.207. The maximum atomic E-state index is 11.5. The van der Waals surface area contributed by atoms with Crippen LogP contribution in [0.5, 0.6) is 0 Å².